The summed E-state index contributed by atoms with van der Waals surface area (Å²) in [6.07, 6.45) is 1.82. The molecule has 0 radical (unpaired) electrons. The minimum Gasteiger partial charge on any atom is -0.481 e. The molecule has 13 heteroatoms. The van der Waals surface area contributed by atoms with Gasteiger partial charge in [-0.25, -0.2) is 0 Å². The molecule has 8 N–H and O–H groups in total. The van der Waals surface area contributed by atoms with E-state index in [1.54, 1.807) is 79.7 Å². The first kappa shape index (κ1) is 41.6. The molecule has 13 nitrogen and oxygen atoms in total. The van der Waals surface area contributed by atoms with Gasteiger partial charge in [0.2, 0.25) is 5.91 Å². The number of carboxylic acids is 1. The number of carbonyl (C=O) groups excluding carboxylic acids is 4. The summed E-state index contributed by atoms with van der Waals surface area (Å²) in [6, 6.07) is 5.88. The highest BCUT2D eigenvalue weighted by Crippen LogP contribution is 2.37. The maximum absolute atomic E-state index is 13.2. The van der Waals surface area contributed by atoms with Gasteiger partial charge in [0.05, 0.1) is 42.4 Å². The third-order valence-electron chi connectivity index (χ3n) is 8.02. The molecular formula is C34H57N5O8. The molecule has 1 rings (SSSR count). The first-order chi connectivity index (χ1) is 21.6. The molecule has 0 spiro atoms. The molecule has 0 aromatic heterocycles. The number of benzene rings is 1. The highest BCUT2D eigenvalue weighted by atomic mass is 16.5. The number of nitrogen functional groups attached to an aromatic ring is 1. The fraction of sp³-hybridized carbons (Fsp3) is 0.676. The number of aliphatic carboxylic acids is 1. The molecule has 0 saturated carbocycles. The molecule has 0 aliphatic rings. The molecule has 0 saturated heterocycles. The first-order valence-electron chi connectivity index (χ1n) is 16.1. The number of carboxylic acid groups (broad SMARTS) is 1. The van der Waals surface area contributed by atoms with Crippen molar-refractivity contribution in [2.75, 3.05) is 45.3 Å². The molecule has 1 atom stereocenters. The average Bonchev–Trinajstić information content (AvgIpc) is 2.96. The molecular weight excluding hydrogens is 606 g/mol. The molecule has 2 amide bonds. The lowest BCUT2D eigenvalue weighted by Crippen LogP contribution is -2.56. The molecule has 0 unspecified atom stereocenters. The standard InChI is InChI=1S/C34H57N5O8/c1-31(2,22-32(3,4)30(44)45)29(43)34(7,8)38-17-18-46-19-20-47-21-26(40)33(5,6)39-25(27(36)41)11-9-10-16-37-28(42)23-12-14-24(35)15-13-23/h12-15,25,38-39H,9-11,16-22,35H2,1-8H3,(H2,36,41)(H,37,42)(H,44,45)/t25-/m0/s1. The summed E-state index contributed by atoms with van der Waals surface area (Å²) in [7, 11) is 0. The van der Waals surface area contributed by atoms with Crippen LogP contribution in [0.4, 0.5) is 5.69 Å². The predicted octanol–water partition coefficient (Wildman–Crippen LogP) is 2.46. The van der Waals surface area contributed by atoms with Crippen molar-refractivity contribution < 1.29 is 38.6 Å². The Kier molecular flexibility index (Phi) is 16.2. The maximum Gasteiger partial charge on any atom is 0.309 e. The Morgan fingerprint density at radius 1 is 0.809 bits per heavy atom. The highest BCUT2D eigenvalue weighted by Gasteiger charge is 2.44. The van der Waals surface area contributed by atoms with Crippen molar-refractivity contribution in [3.05, 3.63) is 29.8 Å². The van der Waals surface area contributed by atoms with Crippen molar-refractivity contribution in [1.82, 2.24) is 16.0 Å². The van der Waals surface area contributed by atoms with Crippen LogP contribution in [-0.4, -0.2) is 91.1 Å². The number of Topliss-reactive ketones (excluding diaryl/α,β-unsaturated/α-hetero) is 2. The average molecular weight is 664 g/mol. The molecule has 0 bridgehead atoms. The van der Waals surface area contributed by atoms with Crippen molar-refractivity contribution in [3.63, 3.8) is 0 Å². The van der Waals surface area contributed by atoms with Gasteiger partial charge in [0, 0.05) is 29.8 Å². The lowest BCUT2D eigenvalue weighted by molar-refractivity contribution is -0.150. The van der Waals surface area contributed by atoms with Crippen molar-refractivity contribution in [2.45, 2.75) is 98.2 Å². The van der Waals surface area contributed by atoms with E-state index in [2.05, 4.69) is 16.0 Å². The zero-order chi connectivity index (χ0) is 36.1. The topological polar surface area (TPSA) is 212 Å². The molecule has 0 aliphatic carbocycles. The Morgan fingerprint density at radius 2 is 1.40 bits per heavy atom. The fourth-order valence-corrected chi connectivity index (χ4v) is 5.40. The number of amides is 2. The minimum absolute atomic E-state index is 0.0881. The Hall–Kier alpha value is -3.39. The molecule has 1 aromatic rings. The third kappa shape index (κ3) is 14.5. The van der Waals surface area contributed by atoms with E-state index in [1.165, 1.54) is 0 Å². The van der Waals surface area contributed by atoms with Gasteiger partial charge < -0.3 is 36.7 Å². The summed E-state index contributed by atoms with van der Waals surface area (Å²) in [6.45, 7) is 14.9. The molecule has 0 fully saturated rings. The van der Waals surface area contributed by atoms with E-state index in [9.17, 15) is 29.1 Å². The zero-order valence-corrected chi connectivity index (χ0v) is 29.4. The molecule has 1 aromatic carbocycles. The van der Waals surface area contributed by atoms with Crippen LogP contribution in [0.15, 0.2) is 24.3 Å². The summed E-state index contributed by atoms with van der Waals surface area (Å²) in [5.74, 6) is -2.07. The summed E-state index contributed by atoms with van der Waals surface area (Å²) in [5.41, 5.74) is 8.48. The van der Waals surface area contributed by atoms with Gasteiger partial charge >= 0.3 is 5.97 Å². The van der Waals surface area contributed by atoms with Gasteiger partial charge in [0.25, 0.3) is 5.91 Å². The summed E-state index contributed by atoms with van der Waals surface area (Å²) in [4.78, 5) is 61.9. The van der Waals surface area contributed by atoms with Gasteiger partial charge in [-0.15, -0.1) is 0 Å². The van der Waals surface area contributed by atoms with E-state index in [-0.39, 0.29) is 43.7 Å². The quantitative estimate of drug-likeness (QED) is 0.0698. The van der Waals surface area contributed by atoms with Crippen LogP contribution in [0.2, 0.25) is 0 Å². The zero-order valence-electron chi connectivity index (χ0n) is 29.4. The van der Waals surface area contributed by atoms with E-state index in [1.807, 2.05) is 0 Å². The smallest absolute Gasteiger partial charge is 0.309 e. The van der Waals surface area contributed by atoms with Crippen LogP contribution < -0.4 is 27.4 Å². The van der Waals surface area contributed by atoms with E-state index in [0.29, 0.717) is 50.2 Å². The maximum atomic E-state index is 13.2. The van der Waals surface area contributed by atoms with Crippen LogP contribution in [0.3, 0.4) is 0 Å². The number of ether oxygens (including phenoxy) is 2. The molecule has 0 aliphatic heterocycles. The highest BCUT2D eigenvalue weighted by molar-refractivity contribution is 5.94. The van der Waals surface area contributed by atoms with Crippen molar-refractivity contribution in [2.24, 2.45) is 16.6 Å². The Morgan fingerprint density at radius 3 is 1.98 bits per heavy atom. The number of hydrogen-bond donors (Lipinski definition) is 6. The van der Waals surface area contributed by atoms with Crippen LogP contribution in [-0.2, 0) is 28.7 Å². The molecule has 266 valence electrons. The number of anilines is 1. The Labute approximate surface area is 279 Å². The van der Waals surface area contributed by atoms with Crippen LogP contribution in [0.25, 0.3) is 0 Å². The number of unbranched alkanes of at least 4 members (excludes halogenated alkanes) is 1. The second-order valence-corrected chi connectivity index (χ2v) is 14.3. The lowest BCUT2D eigenvalue weighted by Gasteiger charge is -2.37. The number of nitrogens with two attached hydrogens (primary N) is 2. The monoisotopic (exact) mass is 663 g/mol. The second kappa shape index (κ2) is 18.2. The second-order valence-electron chi connectivity index (χ2n) is 14.3. The van der Waals surface area contributed by atoms with Crippen LogP contribution in [0.1, 0.15) is 91.4 Å². The molecule has 47 heavy (non-hydrogen) atoms. The minimum atomic E-state index is -1.07. The number of primary amides is 1. The third-order valence-corrected chi connectivity index (χ3v) is 8.02. The van der Waals surface area contributed by atoms with Crippen LogP contribution in [0, 0.1) is 10.8 Å². The van der Waals surface area contributed by atoms with Crippen molar-refractivity contribution >= 4 is 35.0 Å². The summed E-state index contributed by atoms with van der Waals surface area (Å²) >= 11 is 0. The normalized spacial score (nSPS) is 13.2. The SMILES string of the molecule is CC(C)(CC(C)(C)C(=O)C(C)(C)NCCOCCOCC(=O)C(C)(C)N[C@@H](CCCCNC(=O)c1ccc(N)cc1)C(N)=O)C(=O)O. The summed E-state index contributed by atoms with van der Waals surface area (Å²) < 4.78 is 11.1. The van der Waals surface area contributed by atoms with Gasteiger partial charge in [-0.3, -0.25) is 29.3 Å². The fourth-order valence-electron chi connectivity index (χ4n) is 5.40. The van der Waals surface area contributed by atoms with Gasteiger partial charge in [0.15, 0.2) is 11.6 Å². The number of carbonyl (C=O) groups is 5. The van der Waals surface area contributed by atoms with Crippen LogP contribution >= 0.6 is 0 Å². The van der Waals surface area contributed by atoms with E-state index < -0.39 is 39.8 Å². The number of hydrogen-bond acceptors (Lipinski definition) is 10. The van der Waals surface area contributed by atoms with Gasteiger partial charge in [-0.05, 0) is 91.5 Å². The van der Waals surface area contributed by atoms with Gasteiger partial charge in [-0.1, -0.05) is 13.8 Å². The van der Waals surface area contributed by atoms with Crippen molar-refractivity contribution in [3.8, 4) is 0 Å². The van der Waals surface area contributed by atoms with Gasteiger partial charge in [-0.2, -0.15) is 0 Å². The van der Waals surface area contributed by atoms with Gasteiger partial charge in [0.1, 0.15) is 6.61 Å². The first-order valence-corrected chi connectivity index (χ1v) is 16.1. The Bertz CT molecular complexity index is 1210. The predicted molar refractivity (Wildman–Crippen MR) is 181 cm³/mol. The Balaban J connectivity index is 2.35. The largest absolute Gasteiger partial charge is 0.481 e. The van der Waals surface area contributed by atoms with Crippen molar-refractivity contribution in [1.29, 1.82) is 0 Å². The summed E-state index contributed by atoms with van der Waals surface area (Å²) in [5, 5.41) is 18.5. The van der Waals surface area contributed by atoms with E-state index >= 15 is 0 Å². The van der Waals surface area contributed by atoms with Crippen LogP contribution in [0.5, 0.6) is 0 Å². The number of rotatable bonds is 24. The number of nitrogens with one attached hydrogen (secondary N) is 3. The lowest BCUT2D eigenvalue weighted by atomic mass is 9.69. The molecule has 0 heterocycles. The van der Waals surface area contributed by atoms with E-state index in [0.717, 1.165) is 0 Å². The number of ketones is 2. The van der Waals surface area contributed by atoms with E-state index in [4.69, 9.17) is 20.9 Å².